The Hall–Kier alpha value is -2.13. The molecule has 1 aromatic heterocycles. The van der Waals surface area contributed by atoms with Gasteiger partial charge in [-0.25, -0.2) is 4.98 Å². The van der Waals surface area contributed by atoms with Crippen LogP contribution < -0.4 is 9.64 Å². The molecule has 0 bridgehead atoms. The molecule has 1 amide bonds. The number of carbonyl (C=O) groups is 1. The normalized spacial score (nSPS) is 14.7. The van der Waals surface area contributed by atoms with Crippen molar-refractivity contribution in [3.8, 4) is 5.75 Å². The summed E-state index contributed by atoms with van der Waals surface area (Å²) < 4.78 is 11.8. The van der Waals surface area contributed by atoms with Crippen LogP contribution in [0.5, 0.6) is 5.75 Å². The molecule has 2 heterocycles. The Balaban J connectivity index is 1.64. The van der Waals surface area contributed by atoms with Crippen molar-refractivity contribution in [3.63, 3.8) is 0 Å². The lowest BCUT2D eigenvalue weighted by atomic mass is 10.2. The third-order valence-corrected chi connectivity index (χ3v) is 6.90. The molecule has 0 unspecified atom stereocenters. The number of thioether (sulfide) groups is 1. The highest BCUT2D eigenvalue weighted by Crippen LogP contribution is 2.32. The molecule has 158 valence electrons. The van der Waals surface area contributed by atoms with Crippen LogP contribution >= 0.6 is 23.1 Å². The van der Waals surface area contributed by atoms with Gasteiger partial charge < -0.3 is 9.47 Å². The van der Waals surface area contributed by atoms with Crippen molar-refractivity contribution in [3.05, 3.63) is 48.0 Å². The molecule has 1 aliphatic heterocycles. The minimum atomic E-state index is -0.0230. The topological polar surface area (TPSA) is 54.9 Å². The van der Waals surface area contributed by atoms with E-state index in [0.29, 0.717) is 17.2 Å². The van der Waals surface area contributed by atoms with Gasteiger partial charge in [0.2, 0.25) is 0 Å². The van der Waals surface area contributed by atoms with Gasteiger partial charge in [-0.1, -0.05) is 17.4 Å². The largest absolute Gasteiger partial charge is 0.497 e. The van der Waals surface area contributed by atoms with Crippen LogP contribution in [0.1, 0.15) is 10.4 Å². The molecule has 0 saturated carbocycles. The van der Waals surface area contributed by atoms with Crippen LogP contribution in [0.15, 0.2) is 47.4 Å². The molecule has 3 aromatic rings. The fourth-order valence-corrected chi connectivity index (χ4v) is 4.83. The third kappa shape index (κ3) is 4.78. The summed E-state index contributed by atoms with van der Waals surface area (Å²) in [5.74, 6) is 0.739. The molecule has 0 spiro atoms. The van der Waals surface area contributed by atoms with E-state index >= 15 is 0 Å². The number of ether oxygens (including phenoxy) is 2. The van der Waals surface area contributed by atoms with Gasteiger partial charge in [0.15, 0.2) is 5.13 Å². The van der Waals surface area contributed by atoms with Crippen LogP contribution in [0.4, 0.5) is 5.13 Å². The molecular weight excluding hydrogens is 418 g/mol. The summed E-state index contributed by atoms with van der Waals surface area (Å²) in [5, 5.41) is 0.714. The zero-order valence-electron chi connectivity index (χ0n) is 17.2. The summed E-state index contributed by atoms with van der Waals surface area (Å²) in [6, 6.07) is 13.6. The van der Waals surface area contributed by atoms with E-state index < -0.39 is 0 Å². The number of hydrogen-bond acceptors (Lipinski definition) is 7. The molecule has 0 N–H and O–H groups in total. The molecule has 0 aliphatic carbocycles. The van der Waals surface area contributed by atoms with E-state index in [1.165, 1.54) is 11.3 Å². The van der Waals surface area contributed by atoms with E-state index in [1.807, 2.05) is 53.6 Å². The van der Waals surface area contributed by atoms with Crippen molar-refractivity contribution in [1.29, 1.82) is 0 Å². The highest BCUT2D eigenvalue weighted by molar-refractivity contribution is 7.98. The highest BCUT2D eigenvalue weighted by Gasteiger charge is 2.23. The van der Waals surface area contributed by atoms with Gasteiger partial charge in [0.25, 0.3) is 5.91 Å². The summed E-state index contributed by atoms with van der Waals surface area (Å²) >= 11 is 3.17. The Morgan fingerprint density at radius 2 is 2.10 bits per heavy atom. The Morgan fingerprint density at radius 3 is 2.87 bits per heavy atom. The summed E-state index contributed by atoms with van der Waals surface area (Å²) in [6.45, 7) is 4.63. The number of nitrogens with zero attached hydrogens (tertiary/aromatic N) is 3. The number of thiazole rings is 1. The van der Waals surface area contributed by atoms with Crippen molar-refractivity contribution >= 4 is 44.4 Å². The molecule has 0 atom stereocenters. The van der Waals surface area contributed by atoms with Crippen molar-refractivity contribution < 1.29 is 14.3 Å². The van der Waals surface area contributed by atoms with Crippen molar-refractivity contribution in [2.75, 3.05) is 57.7 Å². The molecule has 0 radical (unpaired) electrons. The minimum Gasteiger partial charge on any atom is -0.497 e. The Labute approximate surface area is 184 Å². The zero-order valence-corrected chi connectivity index (χ0v) is 18.8. The maximum absolute atomic E-state index is 13.5. The number of benzene rings is 2. The van der Waals surface area contributed by atoms with E-state index in [1.54, 1.807) is 18.9 Å². The van der Waals surface area contributed by atoms with E-state index in [0.717, 1.165) is 53.7 Å². The van der Waals surface area contributed by atoms with E-state index in [4.69, 9.17) is 14.5 Å². The number of carbonyl (C=O) groups excluding carboxylic acids is 1. The lowest BCUT2D eigenvalue weighted by molar-refractivity contribution is 0.0391. The third-order valence-electron chi connectivity index (χ3n) is 5.12. The number of fused-ring (bicyclic) bond motifs is 1. The van der Waals surface area contributed by atoms with Gasteiger partial charge in [0.05, 0.1) is 30.5 Å². The quantitative estimate of drug-likeness (QED) is 0.515. The average Bonchev–Trinajstić information content (AvgIpc) is 3.22. The SMILES string of the molecule is COc1ccc2sc(N(CCN3CCOCC3)C(=O)c3cccc(SC)c3)nc2c1. The van der Waals surface area contributed by atoms with E-state index in [9.17, 15) is 4.79 Å². The smallest absolute Gasteiger partial charge is 0.260 e. The van der Waals surface area contributed by atoms with Gasteiger partial charge in [-0.2, -0.15) is 0 Å². The Morgan fingerprint density at radius 1 is 1.27 bits per heavy atom. The maximum atomic E-state index is 13.5. The Kier molecular flexibility index (Phi) is 6.89. The van der Waals surface area contributed by atoms with E-state index in [-0.39, 0.29) is 5.91 Å². The predicted octanol–water partition coefficient (Wildman–Crippen LogP) is 4.01. The predicted molar refractivity (Wildman–Crippen MR) is 123 cm³/mol. The first kappa shape index (κ1) is 21.1. The number of rotatable bonds is 7. The molecule has 2 aromatic carbocycles. The second-order valence-corrected chi connectivity index (χ2v) is 8.86. The fraction of sp³-hybridized carbons (Fsp3) is 0.364. The number of methoxy groups -OCH3 is 1. The van der Waals surface area contributed by atoms with Crippen LogP contribution in [0.2, 0.25) is 0 Å². The fourth-order valence-electron chi connectivity index (χ4n) is 3.40. The van der Waals surface area contributed by atoms with Gasteiger partial charge in [-0.05, 0) is 36.6 Å². The summed E-state index contributed by atoms with van der Waals surface area (Å²) in [6.07, 6.45) is 2.01. The molecule has 1 saturated heterocycles. The van der Waals surface area contributed by atoms with Crippen molar-refractivity contribution in [1.82, 2.24) is 9.88 Å². The van der Waals surface area contributed by atoms with Gasteiger partial charge in [-0.15, -0.1) is 11.8 Å². The molecule has 1 aliphatic rings. The monoisotopic (exact) mass is 443 g/mol. The molecule has 30 heavy (non-hydrogen) atoms. The standard InChI is InChI=1S/C22H25N3O3S2/c1-27-17-6-7-20-19(15-17)23-22(30-20)25(9-8-24-10-12-28-13-11-24)21(26)16-4-3-5-18(14-16)29-2/h3-7,14-15H,8-13H2,1-2H3. The minimum absolute atomic E-state index is 0.0230. The van der Waals surface area contributed by atoms with Crippen LogP contribution in [0.3, 0.4) is 0 Å². The maximum Gasteiger partial charge on any atom is 0.260 e. The van der Waals surface area contributed by atoms with Crippen LogP contribution in [-0.4, -0.2) is 68.5 Å². The second-order valence-electron chi connectivity index (χ2n) is 6.97. The van der Waals surface area contributed by atoms with Crippen LogP contribution in [0.25, 0.3) is 10.2 Å². The number of hydrogen-bond donors (Lipinski definition) is 0. The number of amides is 1. The lowest BCUT2D eigenvalue weighted by Crippen LogP contribution is -2.43. The first-order valence-corrected chi connectivity index (χ1v) is 11.9. The van der Waals surface area contributed by atoms with Gasteiger partial charge in [0, 0.05) is 42.7 Å². The van der Waals surface area contributed by atoms with Gasteiger partial charge >= 0.3 is 0 Å². The van der Waals surface area contributed by atoms with E-state index in [2.05, 4.69) is 4.90 Å². The zero-order chi connectivity index (χ0) is 20.9. The number of aromatic nitrogens is 1. The molecule has 8 heteroatoms. The van der Waals surface area contributed by atoms with Crippen LogP contribution in [0, 0.1) is 0 Å². The van der Waals surface area contributed by atoms with Crippen molar-refractivity contribution in [2.24, 2.45) is 0 Å². The van der Waals surface area contributed by atoms with Crippen LogP contribution in [-0.2, 0) is 4.74 Å². The Bertz CT molecular complexity index is 1020. The van der Waals surface area contributed by atoms with Gasteiger partial charge in [-0.3, -0.25) is 14.6 Å². The molecule has 6 nitrogen and oxygen atoms in total. The van der Waals surface area contributed by atoms with Gasteiger partial charge in [0.1, 0.15) is 5.75 Å². The average molecular weight is 444 g/mol. The van der Waals surface area contributed by atoms with Crippen molar-refractivity contribution in [2.45, 2.75) is 4.90 Å². The summed E-state index contributed by atoms with van der Waals surface area (Å²) in [5.41, 5.74) is 1.53. The summed E-state index contributed by atoms with van der Waals surface area (Å²) in [7, 11) is 1.64. The number of anilines is 1. The first-order chi connectivity index (χ1) is 14.7. The first-order valence-electron chi connectivity index (χ1n) is 9.88. The molecule has 4 rings (SSSR count). The number of morpholine rings is 1. The molecule has 1 fully saturated rings. The molecular formula is C22H25N3O3S2. The highest BCUT2D eigenvalue weighted by atomic mass is 32.2. The summed E-state index contributed by atoms with van der Waals surface area (Å²) in [4.78, 5) is 23.5. The second kappa shape index (κ2) is 9.78. The lowest BCUT2D eigenvalue weighted by Gasteiger charge is -2.29.